The van der Waals surface area contributed by atoms with E-state index in [9.17, 15) is 9.18 Å². The SMILES string of the molecule is O=C(c1ccccc1)N1CC[NH+](c2ccccc2F)CC1. The average Bonchev–Trinajstić information content (AvgIpc) is 2.56. The molecule has 1 aliphatic rings. The molecule has 1 amide bonds. The van der Waals surface area contributed by atoms with Crippen molar-refractivity contribution < 1.29 is 14.1 Å². The quantitative estimate of drug-likeness (QED) is 0.888. The van der Waals surface area contributed by atoms with Gasteiger partial charge >= 0.3 is 0 Å². The molecule has 0 bridgehead atoms. The summed E-state index contributed by atoms with van der Waals surface area (Å²) in [7, 11) is 0. The summed E-state index contributed by atoms with van der Waals surface area (Å²) in [5, 5.41) is 0. The van der Waals surface area contributed by atoms with Gasteiger partial charge < -0.3 is 4.90 Å². The van der Waals surface area contributed by atoms with Crippen LogP contribution in [0.4, 0.5) is 10.1 Å². The average molecular weight is 285 g/mol. The maximum Gasteiger partial charge on any atom is 0.254 e. The molecular formula is C17H18FN2O+. The number of rotatable bonds is 2. The van der Waals surface area contributed by atoms with E-state index in [1.54, 1.807) is 6.07 Å². The fourth-order valence-corrected chi connectivity index (χ4v) is 2.76. The number of hydrogen-bond acceptors (Lipinski definition) is 1. The van der Waals surface area contributed by atoms with Crippen molar-refractivity contribution in [3.05, 3.63) is 66.0 Å². The Balaban J connectivity index is 1.66. The van der Waals surface area contributed by atoms with Gasteiger partial charge in [-0.1, -0.05) is 30.3 Å². The van der Waals surface area contributed by atoms with Crippen molar-refractivity contribution in [1.29, 1.82) is 0 Å². The molecule has 3 nitrogen and oxygen atoms in total. The van der Waals surface area contributed by atoms with Crippen molar-refractivity contribution in [3.63, 3.8) is 0 Å². The summed E-state index contributed by atoms with van der Waals surface area (Å²) in [4.78, 5) is 15.3. The van der Waals surface area contributed by atoms with Crippen molar-refractivity contribution in [2.75, 3.05) is 26.2 Å². The molecule has 1 aliphatic heterocycles. The van der Waals surface area contributed by atoms with Crippen LogP contribution in [-0.2, 0) is 0 Å². The molecule has 1 fully saturated rings. The fraction of sp³-hybridized carbons (Fsp3) is 0.235. The van der Waals surface area contributed by atoms with Crippen LogP contribution in [0.1, 0.15) is 10.4 Å². The molecule has 3 rings (SSSR count). The van der Waals surface area contributed by atoms with Crippen molar-refractivity contribution in [2.24, 2.45) is 0 Å². The molecule has 0 unspecified atom stereocenters. The number of nitrogens with zero attached hydrogens (tertiary/aromatic N) is 1. The van der Waals surface area contributed by atoms with Gasteiger partial charge in [-0.2, -0.15) is 0 Å². The molecular weight excluding hydrogens is 267 g/mol. The van der Waals surface area contributed by atoms with E-state index in [0.717, 1.165) is 18.0 Å². The molecule has 0 spiro atoms. The van der Waals surface area contributed by atoms with Crippen molar-refractivity contribution in [3.8, 4) is 0 Å². The number of nitrogens with one attached hydrogen (secondary N) is 1. The van der Waals surface area contributed by atoms with Gasteiger partial charge in [0.15, 0.2) is 11.5 Å². The Morgan fingerprint density at radius 2 is 1.57 bits per heavy atom. The first kappa shape index (κ1) is 13.8. The van der Waals surface area contributed by atoms with Crippen molar-refractivity contribution in [2.45, 2.75) is 0 Å². The van der Waals surface area contributed by atoms with Gasteiger partial charge in [0.1, 0.15) is 0 Å². The fourth-order valence-electron chi connectivity index (χ4n) is 2.76. The van der Waals surface area contributed by atoms with Gasteiger partial charge in [0.05, 0.1) is 26.2 Å². The first-order valence-electron chi connectivity index (χ1n) is 7.19. The lowest BCUT2D eigenvalue weighted by Crippen LogP contribution is -3.10. The number of carbonyl (C=O) groups is 1. The number of carbonyl (C=O) groups excluding carboxylic acids is 1. The number of halogens is 1. The first-order chi connectivity index (χ1) is 10.3. The van der Waals surface area contributed by atoms with Gasteiger partial charge in [0.25, 0.3) is 5.91 Å². The second-order valence-corrected chi connectivity index (χ2v) is 5.24. The summed E-state index contributed by atoms with van der Waals surface area (Å²) in [6.07, 6.45) is 0. The lowest BCUT2D eigenvalue weighted by atomic mass is 10.1. The molecule has 0 radical (unpaired) electrons. The minimum atomic E-state index is -0.171. The number of quaternary nitrogens is 1. The Labute approximate surface area is 123 Å². The molecule has 2 aromatic rings. The van der Waals surface area contributed by atoms with Crippen LogP contribution in [0.25, 0.3) is 0 Å². The topological polar surface area (TPSA) is 24.8 Å². The first-order valence-corrected chi connectivity index (χ1v) is 7.19. The Morgan fingerprint density at radius 3 is 2.24 bits per heavy atom. The lowest BCUT2D eigenvalue weighted by molar-refractivity contribution is -0.838. The molecule has 0 atom stereocenters. The third-order valence-corrected chi connectivity index (χ3v) is 3.93. The summed E-state index contributed by atoms with van der Waals surface area (Å²) >= 11 is 0. The number of benzene rings is 2. The molecule has 0 saturated carbocycles. The minimum Gasteiger partial charge on any atom is -0.327 e. The second kappa shape index (κ2) is 6.06. The molecule has 2 aromatic carbocycles. The Morgan fingerprint density at radius 1 is 0.952 bits per heavy atom. The van der Waals surface area contributed by atoms with E-state index < -0.39 is 0 Å². The molecule has 1 N–H and O–H groups in total. The largest absolute Gasteiger partial charge is 0.327 e. The highest BCUT2D eigenvalue weighted by atomic mass is 19.1. The number of amides is 1. The molecule has 0 aliphatic carbocycles. The standard InChI is InChI=1S/C17H17FN2O/c18-15-8-4-5-9-16(15)19-10-12-20(13-11-19)17(21)14-6-2-1-3-7-14/h1-9H,10-13H2/p+1. The van der Waals surface area contributed by atoms with Gasteiger partial charge in [-0.25, -0.2) is 4.39 Å². The highest BCUT2D eigenvalue weighted by molar-refractivity contribution is 5.94. The van der Waals surface area contributed by atoms with E-state index in [1.165, 1.54) is 6.07 Å². The summed E-state index contributed by atoms with van der Waals surface area (Å²) in [5.41, 5.74) is 1.41. The third kappa shape index (κ3) is 2.95. The predicted octanol–water partition coefficient (Wildman–Crippen LogP) is 1.50. The number of hydrogen-bond donors (Lipinski definition) is 1. The zero-order chi connectivity index (χ0) is 14.7. The van der Waals surface area contributed by atoms with E-state index >= 15 is 0 Å². The lowest BCUT2D eigenvalue weighted by Gasteiger charge is -2.32. The monoisotopic (exact) mass is 285 g/mol. The van der Waals surface area contributed by atoms with Crippen LogP contribution in [0.2, 0.25) is 0 Å². The molecule has 21 heavy (non-hydrogen) atoms. The van der Waals surface area contributed by atoms with Gasteiger partial charge in [-0.15, -0.1) is 0 Å². The van der Waals surface area contributed by atoms with Gasteiger partial charge in [-0.05, 0) is 18.2 Å². The van der Waals surface area contributed by atoms with Crippen LogP contribution < -0.4 is 4.90 Å². The van der Waals surface area contributed by atoms with Crippen molar-refractivity contribution >= 4 is 11.6 Å². The van der Waals surface area contributed by atoms with E-state index in [2.05, 4.69) is 0 Å². The molecule has 1 saturated heterocycles. The zero-order valence-corrected chi connectivity index (χ0v) is 11.8. The van der Waals surface area contributed by atoms with E-state index in [4.69, 9.17) is 0 Å². The van der Waals surface area contributed by atoms with Crippen LogP contribution >= 0.6 is 0 Å². The molecule has 1 heterocycles. The maximum atomic E-state index is 13.8. The molecule has 0 aromatic heterocycles. The minimum absolute atomic E-state index is 0.0585. The Kier molecular flexibility index (Phi) is 3.97. The predicted molar refractivity (Wildman–Crippen MR) is 79.1 cm³/mol. The Hall–Kier alpha value is -2.20. The maximum absolute atomic E-state index is 13.8. The van der Waals surface area contributed by atoms with Crippen molar-refractivity contribution in [1.82, 2.24) is 4.90 Å². The van der Waals surface area contributed by atoms with Gasteiger partial charge in [0, 0.05) is 11.6 Å². The highest BCUT2D eigenvalue weighted by Gasteiger charge is 2.26. The van der Waals surface area contributed by atoms with Gasteiger partial charge in [0.2, 0.25) is 0 Å². The second-order valence-electron chi connectivity index (χ2n) is 5.24. The summed E-state index contributed by atoms with van der Waals surface area (Å²) in [6, 6.07) is 16.2. The zero-order valence-electron chi connectivity index (χ0n) is 11.8. The van der Waals surface area contributed by atoms with Crippen LogP contribution in [-0.4, -0.2) is 37.0 Å². The van der Waals surface area contributed by atoms with Crippen LogP contribution in [0.3, 0.4) is 0 Å². The number of para-hydroxylation sites is 1. The summed E-state index contributed by atoms with van der Waals surface area (Å²) in [5.74, 6) is -0.112. The van der Waals surface area contributed by atoms with E-state index in [0.29, 0.717) is 24.3 Å². The third-order valence-electron chi connectivity index (χ3n) is 3.93. The van der Waals surface area contributed by atoms with Crippen LogP contribution in [0.5, 0.6) is 0 Å². The van der Waals surface area contributed by atoms with Crippen LogP contribution in [0.15, 0.2) is 54.6 Å². The highest BCUT2D eigenvalue weighted by Crippen LogP contribution is 2.09. The normalized spacial score (nSPS) is 16.0. The van der Waals surface area contributed by atoms with E-state index in [-0.39, 0.29) is 11.7 Å². The summed E-state index contributed by atoms with van der Waals surface area (Å²) in [6.45, 7) is 2.77. The molecule has 4 heteroatoms. The molecule has 108 valence electrons. The smallest absolute Gasteiger partial charge is 0.254 e. The number of piperazine rings is 1. The summed E-state index contributed by atoms with van der Waals surface area (Å²) < 4.78 is 13.8. The van der Waals surface area contributed by atoms with Crippen LogP contribution in [0, 0.1) is 5.82 Å². The van der Waals surface area contributed by atoms with E-state index in [1.807, 2.05) is 47.4 Å². The van der Waals surface area contributed by atoms with Gasteiger partial charge in [-0.3, -0.25) is 9.69 Å². The Bertz CT molecular complexity index is 622.